The van der Waals surface area contributed by atoms with Crippen molar-refractivity contribution in [3.05, 3.63) is 0 Å². The molecule has 6 atom stereocenters. The van der Waals surface area contributed by atoms with Crippen LogP contribution in [0.3, 0.4) is 0 Å². The second kappa shape index (κ2) is 18.0. The molecule has 6 unspecified atom stereocenters. The van der Waals surface area contributed by atoms with Gasteiger partial charge >= 0.3 is 0 Å². The van der Waals surface area contributed by atoms with E-state index in [9.17, 15) is 9.59 Å². The van der Waals surface area contributed by atoms with Gasteiger partial charge in [-0.15, -0.1) is 0 Å². The first-order valence-electron chi connectivity index (χ1n) is 16.0. The Kier molecular flexibility index (Phi) is 19.1. The predicted octanol–water partition coefficient (Wildman–Crippen LogP) is 12.7. The minimum absolute atomic E-state index is 0.0123. The molecule has 0 bridgehead atoms. The molecule has 0 spiro atoms. The molecule has 0 aromatic carbocycles. The van der Waals surface area contributed by atoms with Crippen LogP contribution in [0.15, 0.2) is 0 Å². The lowest BCUT2D eigenvalue weighted by molar-refractivity contribution is -0.117. The van der Waals surface area contributed by atoms with Crippen LogP contribution >= 0.6 is 27.5 Å². The number of rotatable bonds is 14. The second-order valence-corrected chi connectivity index (χ2v) is 19.4. The minimum atomic E-state index is -0.148. The van der Waals surface area contributed by atoms with Crippen molar-refractivity contribution in [2.45, 2.75) is 162 Å². The van der Waals surface area contributed by atoms with E-state index < -0.39 is 0 Å². The molecule has 0 radical (unpaired) electrons. The summed E-state index contributed by atoms with van der Waals surface area (Å²) in [6.07, 6.45) is 8.75. The van der Waals surface area contributed by atoms with Crippen LogP contribution in [0.4, 0.5) is 0 Å². The normalized spacial score (nSPS) is 17.6. The van der Waals surface area contributed by atoms with Gasteiger partial charge in [-0.3, -0.25) is 9.59 Å². The van der Waals surface area contributed by atoms with Crippen molar-refractivity contribution in [3.8, 4) is 0 Å². The topological polar surface area (TPSA) is 34.1 Å². The fourth-order valence-electron chi connectivity index (χ4n) is 6.68. The largest absolute Gasteiger partial charge is 0.286 e. The van der Waals surface area contributed by atoms with Gasteiger partial charge in [0.25, 0.3) is 0 Å². The third-order valence-electron chi connectivity index (χ3n) is 7.69. The molecular weight excluding hydrogens is 580 g/mol. The van der Waals surface area contributed by atoms with Crippen LogP contribution in [0, 0.1) is 57.2 Å². The monoisotopic (exact) mass is 648 g/mol. The Morgan fingerprint density at radius 1 is 0.525 bits per heavy atom. The van der Waals surface area contributed by atoms with Gasteiger partial charge in [-0.05, 0) is 124 Å². The first-order chi connectivity index (χ1) is 17.6. The fourth-order valence-corrected chi connectivity index (χ4v) is 7.69. The molecule has 0 saturated carbocycles. The van der Waals surface area contributed by atoms with Crippen molar-refractivity contribution < 1.29 is 9.59 Å². The molecule has 0 aromatic heterocycles. The molecule has 0 rings (SSSR count). The van der Waals surface area contributed by atoms with E-state index >= 15 is 0 Å². The third-order valence-corrected chi connectivity index (χ3v) is 8.56. The summed E-state index contributed by atoms with van der Waals surface area (Å²) in [6.45, 7) is 36.1. The highest BCUT2D eigenvalue weighted by atomic mass is 79.9. The zero-order chi connectivity index (χ0) is 32.3. The summed E-state index contributed by atoms with van der Waals surface area (Å²) in [5, 5.41) is -0.148. The average molecular weight is 650 g/mol. The molecule has 0 fully saturated rings. The Bertz CT molecular complexity index is 655. The Hall–Kier alpha value is 0.110. The van der Waals surface area contributed by atoms with Crippen molar-refractivity contribution in [2.24, 2.45) is 57.2 Å². The van der Waals surface area contributed by atoms with E-state index in [0.717, 1.165) is 38.5 Å². The molecule has 0 amide bonds. The Labute approximate surface area is 265 Å². The lowest BCUT2D eigenvalue weighted by Gasteiger charge is -2.29. The summed E-state index contributed by atoms with van der Waals surface area (Å²) < 4.78 is 0.192. The molecule has 0 heterocycles. The van der Waals surface area contributed by atoms with Crippen LogP contribution in [0.5, 0.6) is 0 Å². The Morgan fingerprint density at radius 2 is 0.800 bits per heavy atom. The number of carbonyl (C=O) groups excluding carboxylic acids is 2. The van der Waals surface area contributed by atoms with E-state index in [4.69, 9.17) is 11.6 Å². The summed E-state index contributed by atoms with van der Waals surface area (Å²) >= 11 is 9.07. The highest BCUT2D eigenvalue weighted by Gasteiger charge is 2.29. The van der Waals surface area contributed by atoms with Gasteiger partial charge in [0.15, 0.2) is 0 Å². The molecular formula is C36H70BrClO2. The molecule has 4 heteroatoms. The number of hydrogen-bond acceptors (Lipinski definition) is 2. The quantitative estimate of drug-likeness (QED) is 0.175. The SMILES string of the molecule is CC(CCC(C(=O)Br)C(C)CC(C)(C)C)CC(C)(C)C.CC(CCC(C(=O)Cl)C(C)CC(C)(C)C)CC(C)(C)C. The van der Waals surface area contributed by atoms with Gasteiger partial charge in [0.1, 0.15) is 0 Å². The van der Waals surface area contributed by atoms with Gasteiger partial charge < -0.3 is 0 Å². The molecule has 240 valence electrons. The second-order valence-electron chi connectivity index (χ2n) is 18.2. The fraction of sp³-hybridized carbons (Fsp3) is 0.944. The van der Waals surface area contributed by atoms with E-state index in [1.807, 2.05) is 0 Å². The van der Waals surface area contributed by atoms with Crippen LogP contribution < -0.4 is 0 Å². The highest BCUT2D eigenvalue weighted by Crippen LogP contribution is 2.36. The standard InChI is InChI=1S/C18H35BrO.C18H35ClO/c2*1-13(11-17(3,4)5)9-10-15(16(19)20)14(2)12-18(6,7)8/h2*13-15H,9-12H2,1-8H3. The van der Waals surface area contributed by atoms with Gasteiger partial charge in [-0.25, -0.2) is 0 Å². The van der Waals surface area contributed by atoms with Crippen LogP contribution in [0.2, 0.25) is 0 Å². The maximum atomic E-state index is 11.9. The molecule has 0 aliphatic heterocycles. The Balaban J connectivity index is 0. The first kappa shape index (κ1) is 42.2. The van der Waals surface area contributed by atoms with Crippen LogP contribution in [0.25, 0.3) is 0 Å². The van der Waals surface area contributed by atoms with Crippen molar-refractivity contribution in [2.75, 3.05) is 0 Å². The molecule has 0 aromatic rings. The first-order valence-corrected chi connectivity index (χ1v) is 17.2. The Morgan fingerprint density at radius 3 is 1.05 bits per heavy atom. The number of carbonyl (C=O) groups is 2. The van der Waals surface area contributed by atoms with E-state index in [1.54, 1.807) is 0 Å². The van der Waals surface area contributed by atoms with Crippen molar-refractivity contribution >= 4 is 37.5 Å². The molecule has 0 N–H and O–H groups in total. The maximum absolute atomic E-state index is 11.9. The molecule has 2 nitrogen and oxygen atoms in total. The molecule has 0 aliphatic rings. The average Bonchev–Trinajstić information content (AvgIpc) is 2.62. The van der Waals surface area contributed by atoms with Crippen molar-refractivity contribution in [1.29, 1.82) is 0 Å². The van der Waals surface area contributed by atoms with Crippen LogP contribution in [0.1, 0.15) is 162 Å². The maximum Gasteiger partial charge on any atom is 0.224 e. The lowest BCUT2D eigenvalue weighted by Crippen LogP contribution is -2.24. The van der Waals surface area contributed by atoms with E-state index in [-0.39, 0.29) is 32.6 Å². The van der Waals surface area contributed by atoms with Gasteiger partial charge in [-0.1, -0.05) is 111 Å². The third kappa shape index (κ3) is 24.7. The van der Waals surface area contributed by atoms with Gasteiger partial charge in [0, 0.05) is 11.8 Å². The van der Waals surface area contributed by atoms with Crippen LogP contribution in [-0.4, -0.2) is 9.93 Å². The smallest absolute Gasteiger partial charge is 0.224 e. The number of halogens is 2. The minimum Gasteiger partial charge on any atom is -0.286 e. The zero-order valence-corrected chi connectivity index (χ0v) is 32.0. The van der Waals surface area contributed by atoms with Crippen LogP contribution in [-0.2, 0) is 9.59 Å². The van der Waals surface area contributed by atoms with Crippen molar-refractivity contribution in [1.82, 2.24) is 0 Å². The van der Waals surface area contributed by atoms with Gasteiger partial charge in [0.05, 0.1) is 0 Å². The zero-order valence-electron chi connectivity index (χ0n) is 29.7. The number of hydrogen-bond donors (Lipinski definition) is 0. The molecule has 40 heavy (non-hydrogen) atoms. The highest BCUT2D eigenvalue weighted by molar-refractivity contribution is 9.18. The summed E-state index contributed by atoms with van der Waals surface area (Å²) in [7, 11) is 0. The predicted molar refractivity (Wildman–Crippen MR) is 183 cm³/mol. The summed E-state index contributed by atoms with van der Waals surface area (Å²) in [5.74, 6) is 2.32. The summed E-state index contributed by atoms with van der Waals surface area (Å²) in [6, 6.07) is 0. The summed E-state index contributed by atoms with van der Waals surface area (Å²) in [4.78, 5) is 23.6. The van der Waals surface area contributed by atoms with Crippen molar-refractivity contribution in [3.63, 3.8) is 0 Å². The van der Waals surface area contributed by atoms with E-state index in [2.05, 4.69) is 127 Å². The summed E-state index contributed by atoms with van der Waals surface area (Å²) in [5.41, 5.74) is 1.28. The van der Waals surface area contributed by atoms with E-state index in [0.29, 0.717) is 34.5 Å². The van der Waals surface area contributed by atoms with Gasteiger partial charge in [0.2, 0.25) is 9.93 Å². The molecule has 0 saturated heterocycles. The van der Waals surface area contributed by atoms with E-state index in [1.165, 1.54) is 12.8 Å². The van der Waals surface area contributed by atoms with Gasteiger partial charge in [-0.2, -0.15) is 0 Å². The lowest BCUT2D eigenvalue weighted by atomic mass is 9.76. The molecule has 0 aliphatic carbocycles.